The van der Waals surface area contributed by atoms with Gasteiger partial charge in [-0.25, -0.2) is 4.39 Å². The summed E-state index contributed by atoms with van der Waals surface area (Å²) >= 11 is 6.61. The van der Waals surface area contributed by atoms with Crippen molar-refractivity contribution in [2.24, 2.45) is 5.41 Å². The van der Waals surface area contributed by atoms with E-state index in [1.54, 1.807) is 19.1 Å². The van der Waals surface area contributed by atoms with Crippen LogP contribution < -0.4 is 4.74 Å². The van der Waals surface area contributed by atoms with Crippen molar-refractivity contribution < 1.29 is 23.8 Å². The normalized spacial score (nSPS) is 12.8. The van der Waals surface area contributed by atoms with Crippen LogP contribution in [0.5, 0.6) is 5.75 Å². The van der Waals surface area contributed by atoms with Crippen LogP contribution in [-0.2, 0) is 4.79 Å². The first-order chi connectivity index (χ1) is 14.0. The van der Waals surface area contributed by atoms with Crippen LogP contribution in [0.15, 0.2) is 36.4 Å². The number of carbonyl (C=O) groups is 2. The second-order valence-electron chi connectivity index (χ2n) is 8.26. The zero-order valence-electron chi connectivity index (χ0n) is 17.4. The summed E-state index contributed by atoms with van der Waals surface area (Å²) in [6.45, 7) is 7.17. The molecule has 2 aromatic carbocycles. The van der Waals surface area contributed by atoms with E-state index in [2.05, 4.69) is 0 Å². The quantitative estimate of drug-likeness (QED) is 0.579. The van der Waals surface area contributed by atoms with Gasteiger partial charge in [-0.2, -0.15) is 0 Å². The number of rotatable bonds is 4. The Bertz CT molecular complexity index is 1140. The van der Waals surface area contributed by atoms with Crippen molar-refractivity contribution in [1.82, 2.24) is 4.57 Å². The van der Waals surface area contributed by atoms with Gasteiger partial charge in [0.25, 0.3) is 5.91 Å². The number of halogens is 2. The number of aliphatic carboxylic acids is 1. The minimum atomic E-state index is -1.02. The highest BCUT2D eigenvalue weighted by Gasteiger charge is 2.38. The summed E-state index contributed by atoms with van der Waals surface area (Å²) in [5.74, 6) is -2.41. The molecule has 1 atom stereocenters. The number of aromatic nitrogens is 1. The predicted molar refractivity (Wildman–Crippen MR) is 114 cm³/mol. The summed E-state index contributed by atoms with van der Waals surface area (Å²) in [4.78, 5) is 25.6. The number of benzene rings is 2. The van der Waals surface area contributed by atoms with Gasteiger partial charge in [-0.05, 0) is 54.3 Å². The maximum atomic E-state index is 13.3. The van der Waals surface area contributed by atoms with Gasteiger partial charge in [0, 0.05) is 16.6 Å². The van der Waals surface area contributed by atoms with Gasteiger partial charge in [0.1, 0.15) is 11.6 Å². The molecule has 0 aliphatic carbocycles. The number of nitrogens with zero attached hydrogens (tertiary/aromatic N) is 1. The van der Waals surface area contributed by atoms with Crippen molar-refractivity contribution in [1.29, 1.82) is 0 Å². The first kappa shape index (κ1) is 21.8. The summed E-state index contributed by atoms with van der Waals surface area (Å²) in [7, 11) is 1.47. The van der Waals surface area contributed by atoms with E-state index < -0.39 is 29.0 Å². The standard InChI is InChI=1S/C23H23ClFNO4/c1-12-17(19(22(28)29)23(2,3)4)18-15(10-11-16(30-5)20(18)24)26(12)21(27)13-6-8-14(25)9-7-13/h6-11,19H,1-5H3,(H,28,29). The van der Waals surface area contributed by atoms with Gasteiger partial charge in [-0.3, -0.25) is 14.2 Å². The number of hydrogen-bond donors (Lipinski definition) is 1. The molecular formula is C23H23ClFNO4. The third-order valence-electron chi connectivity index (χ3n) is 5.24. The maximum Gasteiger partial charge on any atom is 0.311 e. The fourth-order valence-electron chi connectivity index (χ4n) is 3.89. The van der Waals surface area contributed by atoms with Gasteiger partial charge in [0.05, 0.1) is 23.6 Å². The number of carbonyl (C=O) groups excluding carboxylic acids is 1. The van der Waals surface area contributed by atoms with Crippen LogP contribution >= 0.6 is 11.6 Å². The minimum absolute atomic E-state index is 0.245. The molecule has 1 heterocycles. The Hall–Kier alpha value is -2.86. The molecule has 7 heteroatoms. The highest BCUT2D eigenvalue weighted by Crippen LogP contribution is 2.46. The van der Waals surface area contributed by atoms with E-state index in [0.29, 0.717) is 27.9 Å². The van der Waals surface area contributed by atoms with E-state index in [4.69, 9.17) is 16.3 Å². The number of fused-ring (bicyclic) bond motifs is 1. The summed E-state index contributed by atoms with van der Waals surface area (Å²) < 4.78 is 20.1. The van der Waals surface area contributed by atoms with Crippen molar-refractivity contribution in [3.63, 3.8) is 0 Å². The van der Waals surface area contributed by atoms with Crippen LogP contribution in [0.1, 0.15) is 48.3 Å². The Morgan fingerprint density at radius 1 is 1.13 bits per heavy atom. The lowest BCUT2D eigenvalue weighted by Gasteiger charge is -2.28. The highest BCUT2D eigenvalue weighted by molar-refractivity contribution is 6.37. The molecule has 1 unspecified atom stereocenters. The molecule has 5 nitrogen and oxygen atoms in total. The summed E-state index contributed by atoms with van der Waals surface area (Å²) in [6.07, 6.45) is 0. The van der Waals surface area contributed by atoms with Crippen LogP contribution in [-0.4, -0.2) is 28.7 Å². The van der Waals surface area contributed by atoms with E-state index in [9.17, 15) is 19.1 Å². The van der Waals surface area contributed by atoms with Gasteiger partial charge in [0.15, 0.2) is 0 Å². The first-order valence-electron chi connectivity index (χ1n) is 9.39. The molecule has 0 aliphatic heterocycles. The third-order valence-corrected chi connectivity index (χ3v) is 5.61. The zero-order chi connectivity index (χ0) is 22.4. The second-order valence-corrected chi connectivity index (χ2v) is 8.64. The molecule has 0 bridgehead atoms. The molecule has 0 saturated carbocycles. The summed E-state index contributed by atoms with van der Waals surface area (Å²) in [5, 5.41) is 10.8. The Kier molecular flexibility index (Phi) is 5.65. The number of ether oxygens (including phenoxy) is 1. The molecule has 1 aromatic heterocycles. The molecule has 0 radical (unpaired) electrons. The van der Waals surface area contributed by atoms with Crippen LogP contribution in [0, 0.1) is 18.2 Å². The molecule has 0 aliphatic rings. The van der Waals surface area contributed by atoms with E-state index in [1.807, 2.05) is 20.8 Å². The molecule has 0 amide bonds. The molecule has 1 N–H and O–H groups in total. The van der Waals surface area contributed by atoms with Gasteiger partial charge in [-0.15, -0.1) is 0 Å². The fraction of sp³-hybridized carbons (Fsp3) is 0.304. The highest BCUT2D eigenvalue weighted by atomic mass is 35.5. The van der Waals surface area contributed by atoms with Gasteiger partial charge >= 0.3 is 5.97 Å². The molecule has 158 valence electrons. The molecule has 0 fully saturated rings. The van der Waals surface area contributed by atoms with E-state index in [-0.39, 0.29) is 10.6 Å². The number of carboxylic acids is 1. The molecule has 3 rings (SSSR count). The Morgan fingerprint density at radius 2 is 1.73 bits per heavy atom. The van der Waals surface area contributed by atoms with Crippen molar-refractivity contribution in [3.05, 3.63) is 64.1 Å². The second kappa shape index (κ2) is 7.76. The molecule has 30 heavy (non-hydrogen) atoms. The average Bonchev–Trinajstić information content (AvgIpc) is 2.93. The largest absolute Gasteiger partial charge is 0.495 e. The Labute approximate surface area is 179 Å². The lowest BCUT2D eigenvalue weighted by atomic mass is 9.75. The Balaban J connectivity index is 2.42. The molecular weight excluding hydrogens is 409 g/mol. The smallest absolute Gasteiger partial charge is 0.311 e. The van der Waals surface area contributed by atoms with Crippen LogP contribution in [0.2, 0.25) is 5.02 Å². The maximum absolute atomic E-state index is 13.3. The fourth-order valence-corrected chi connectivity index (χ4v) is 4.23. The van der Waals surface area contributed by atoms with Crippen LogP contribution in [0.25, 0.3) is 10.9 Å². The predicted octanol–water partition coefficient (Wildman–Crippen LogP) is 5.65. The molecule has 3 aromatic rings. The number of hydrogen-bond acceptors (Lipinski definition) is 3. The van der Waals surface area contributed by atoms with E-state index in [1.165, 1.54) is 35.9 Å². The third kappa shape index (κ3) is 3.56. The number of carboxylic acid groups (broad SMARTS) is 1. The average molecular weight is 432 g/mol. The van der Waals surface area contributed by atoms with Crippen molar-refractivity contribution in [2.45, 2.75) is 33.6 Å². The zero-order valence-corrected chi connectivity index (χ0v) is 18.2. The SMILES string of the molecule is COc1ccc2c(c1Cl)c(C(C(=O)O)C(C)(C)C)c(C)n2C(=O)c1ccc(F)cc1. The summed E-state index contributed by atoms with van der Waals surface area (Å²) in [6, 6.07) is 8.52. The number of methoxy groups -OCH3 is 1. The topological polar surface area (TPSA) is 68.5 Å². The first-order valence-corrected chi connectivity index (χ1v) is 9.77. The Morgan fingerprint density at radius 3 is 2.23 bits per heavy atom. The monoisotopic (exact) mass is 431 g/mol. The molecule has 0 saturated heterocycles. The van der Waals surface area contributed by atoms with Gasteiger partial charge < -0.3 is 9.84 Å². The van der Waals surface area contributed by atoms with E-state index >= 15 is 0 Å². The van der Waals surface area contributed by atoms with Gasteiger partial charge in [0.2, 0.25) is 0 Å². The van der Waals surface area contributed by atoms with Crippen LogP contribution in [0.4, 0.5) is 4.39 Å². The van der Waals surface area contributed by atoms with Gasteiger partial charge in [-0.1, -0.05) is 32.4 Å². The van der Waals surface area contributed by atoms with E-state index in [0.717, 1.165) is 0 Å². The summed E-state index contributed by atoms with van der Waals surface area (Å²) in [5.41, 5.74) is 1.03. The lowest BCUT2D eigenvalue weighted by molar-refractivity contribution is -0.141. The molecule has 0 spiro atoms. The lowest BCUT2D eigenvalue weighted by Crippen LogP contribution is -2.27. The van der Waals surface area contributed by atoms with Crippen molar-refractivity contribution >= 4 is 34.4 Å². The van der Waals surface area contributed by atoms with Crippen molar-refractivity contribution in [3.8, 4) is 5.75 Å². The van der Waals surface area contributed by atoms with Crippen LogP contribution in [0.3, 0.4) is 0 Å². The minimum Gasteiger partial charge on any atom is -0.495 e. The van der Waals surface area contributed by atoms with Crippen molar-refractivity contribution in [2.75, 3.05) is 7.11 Å².